The molecule has 0 saturated carbocycles. The van der Waals surface area contributed by atoms with Crippen molar-refractivity contribution in [1.82, 2.24) is 15.2 Å². The molecule has 3 aromatic rings. The average molecular weight is 393 g/mol. The number of aryl methyl sites for hydroxylation is 1. The summed E-state index contributed by atoms with van der Waals surface area (Å²) in [5, 5.41) is 11.0. The molecule has 2 N–H and O–H groups in total. The molecule has 2 aromatic carbocycles. The number of H-pyrrole nitrogens is 1. The third-order valence-electron chi connectivity index (χ3n) is 3.31. The van der Waals surface area contributed by atoms with E-state index in [9.17, 15) is 4.79 Å². The molecular weight excluding hydrogens is 379 g/mol. The number of carbonyl (C=O) groups is 1. The summed E-state index contributed by atoms with van der Waals surface area (Å²) in [6.07, 6.45) is 0. The van der Waals surface area contributed by atoms with Crippen molar-refractivity contribution >= 4 is 46.6 Å². The summed E-state index contributed by atoms with van der Waals surface area (Å²) in [5.41, 5.74) is 2.57. The van der Waals surface area contributed by atoms with E-state index in [0.717, 1.165) is 11.1 Å². The van der Waals surface area contributed by atoms with Crippen molar-refractivity contribution in [2.45, 2.75) is 12.1 Å². The number of nitrogens with one attached hydrogen (secondary N) is 2. The van der Waals surface area contributed by atoms with Gasteiger partial charge in [-0.25, -0.2) is 4.98 Å². The zero-order chi connectivity index (χ0) is 17.8. The van der Waals surface area contributed by atoms with Gasteiger partial charge in [0.05, 0.1) is 21.5 Å². The van der Waals surface area contributed by atoms with Crippen LogP contribution in [0.1, 0.15) is 5.56 Å². The predicted molar refractivity (Wildman–Crippen MR) is 102 cm³/mol. The van der Waals surface area contributed by atoms with Gasteiger partial charge in [0.1, 0.15) is 0 Å². The number of halogens is 2. The van der Waals surface area contributed by atoms with E-state index in [0.29, 0.717) is 26.7 Å². The third-order valence-corrected chi connectivity index (χ3v) is 4.98. The molecule has 8 heteroatoms. The fraction of sp³-hybridized carbons (Fsp3) is 0.118. The summed E-state index contributed by atoms with van der Waals surface area (Å²) in [6, 6.07) is 13.0. The van der Waals surface area contributed by atoms with Gasteiger partial charge < -0.3 is 5.32 Å². The Bertz CT molecular complexity index is 913. The predicted octanol–water partition coefficient (Wildman–Crippen LogP) is 4.82. The maximum atomic E-state index is 12.1. The molecule has 0 radical (unpaired) electrons. The number of carbonyl (C=O) groups excluding carboxylic acids is 1. The molecule has 0 atom stereocenters. The van der Waals surface area contributed by atoms with Gasteiger partial charge >= 0.3 is 0 Å². The number of anilines is 1. The van der Waals surface area contributed by atoms with Gasteiger partial charge in [-0.1, -0.05) is 64.8 Å². The third kappa shape index (κ3) is 4.54. The monoisotopic (exact) mass is 392 g/mol. The number of aromatic nitrogens is 3. The minimum absolute atomic E-state index is 0.161. The molecule has 25 heavy (non-hydrogen) atoms. The quantitative estimate of drug-likeness (QED) is 0.610. The van der Waals surface area contributed by atoms with Crippen LogP contribution in [0.4, 0.5) is 5.69 Å². The molecule has 0 bridgehead atoms. The topological polar surface area (TPSA) is 70.7 Å². The van der Waals surface area contributed by atoms with Crippen LogP contribution in [0.5, 0.6) is 0 Å². The number of rotatable bonds is 5. The second-order valence-corrected chi connectivity index (χ2v) is 7.00. The van der Waals surface area contributed by atoms with E-state index < -0.39 is 0 Å². The molecule has 0 aliphatic heterocycles. The second kappa shape index (κ2) is 7.91. The molecule has 0 saturated heterocycles. The number of hydrogen-bond acceptors (Lipinski definition) is 4. The molecule has 1 amide bonds. The van der Waals surface area contributed by atoms with E-state index in [1.807, 2.05) is 31.2 Å². The Hall–Kier alpha value is -2.02. The second-order valence-electron chi connectivity index (χ2n) is 5.27. The first-order valence-electron chi connectivity index (χ1n) is 7.39. The van der Waals surface area contributed by atoms with E-state index in [4.69, 9.17) is 23.2 Å². The summed E-state index contributed by atoms with van der Waals surface area (Å²) in [5.74, 6) is 0.620. The van der Waals surface area contributed by atoms with Gasteiger partial charge in [0, 0.05) is 5.56 Å². The minimum Gasteiger partial charge on any atom is -0.324 e. The van der Waals surface area contributed by atoms with Gasteiger partial charge in [-0.3, -0.25) is 9.89 Å². The van der Waals surface area contributed by atoms with Crippen molar-refractivity contribution in [1.29, 1.82) is 0 Å². The lowest BCUT2D eigenvalue weighted by molar-refractivity contribution is -0.113. The Morgan fingerprint density at radius 3 is 2.84 bits per heavy atom. The maximum absolute atomic E-state index is 12.1. The van der Waals surface area contributed by atoms with Gasteiger partial charge in [-0.2, -0.15) is 0 Å². The normalized spacial score (nSPS) is 10.7. The average Bonchev–Trinajstić information content (AvgIpc) is 3.06. The van der Waals surface area contributed by atoms with E-state index in [1.165, 1.54) is 11.8 Å². The Morgan fingerprint density at radius 1 is 1.24 bits per heavy atom. The van der Waals surface area contributed by atoms with Gasteiger partial charge in [-0.05, 0) is 25.1 Å². The van der Waals surface area contributed by atoms with Crippen LogP contribution in [0.25, 0.3) is 11.4 Å². The largest absolute Gasteiger partial charge is 0.324 e. The van der Waals surface area contributed by atoms with Gasteiger partial charge in [-0.15, -0.1) is 5.10 Å². The summed E-state index contributed by atoms with van der Waals surface area (Å²) < 4.78 is 0. The number of thioether (sulfide) groups is 1. The maximum Gasteiger partial charge on any atom is 0.234 e. The molecule has 0 fully saturated rings. The van der Waals surface area contributed by atoms with E-state index in [2.05, 4.69) is 20.5 Å². The Balaban J connectivity index is 1.60. The fourth-order valence-corrected chi connectivity index (χ4v) is 3.10. The van der Waals surface area contributed by atoms with Gasteiger partial charge in [0.2, 0.25) is 11.1 Å². The van der Waals surface area contributed by atoms with E-state index in [1.54, 1.807) is 18.2 Å². The van der Waals surface area contributed by atoms with Crippen LogP contribution in [0.2, 0.25) is 10.0 Å². The first kappa shape index (κ1) is 17.8. The molecule has 5 nitrogen and oxygen atoms in total. The SMILES string of the molecule is Cc1cccc(-c2nc(SCC(=O)Nc3cccc(Cl)c3Cl)n[nH]2)c1. The number of nitrogens with zero attached hydrogens (tertiary/aromatic N) is 2. The zero-order valence-electron chi connectivity index (χ0n) is 13.2. The first-order chi connectivity index (χ1) is 12.0. The molecular formula is C17H14Cl2N4OS. The van der Waals surface area contributed by atoms with Crippen LogP contribution < -0.4 is 5.32 Å². The highest BCUT2D eigenvalue weighted by molar-refractivity contribution is 7.99. The minimum atomic E-state index is -0.212. The summed E-state index contributed by atoms with van der Waals surface area (Å²) in [7, 11) is 0. The first-order valence-corrected chi connectivity index (χ1v) is 9.13. The standard InChI is InChI=1S/C17H14Cl2N4OS/c1-10-4-2-5-11(8-10)16-21-17(23-22-16)25-9-14(24)20-13-7-3-6-12(18)15(13)19/h2-8H,9H2,1H3,(H,20,24)(H,21,22,23). The van der Waals surface area contributed by atoms with E-state index in [-0.39, 0.29) is 11.7 Å². The van der Waals surface area contributed by atoms with Gasteiger partial charge in [0.15, 0.2) is 5.82 Å². The highest BCUT2D eigenvalue weighted by atomic mass is 35.5. The van der Waals surface area contributed by atoms with Crippen LogP contribution in [-0.4, -0.2) is 26.8 Å². The van der Waals surface area contributed by atoms with Gasteiger partial charge in [0.25, 0.3) is 0 Å². The molecule has 0 aliphatic carbocycles. The number of hydrogen-bond donors (Lipinski definition) is 2. The lowest BCUT2D eigenvalue weighted by Gasteiger charge is -2.07. The van der Waals surface area contributed by atoms with Crippen molar-refractivity contribution in [2.75, 3.05) is 11.1 Å². The number of benzene rings is 2. The number of amides is 1. The van der Waals surface area contributed by atoms with Crippen molar-refractivity contribution in [3.05, 3.63) is 58.1 Å². The summed E-state index contributed by atoms with van der Waals surface area (Å²) in [6.45, 7) is 2.01. The van der Waals surface area contributed by atoms with Crippen LogP contribution in [0.15, 0.2) is 47.6 Å². The lowest BCUT2D eigenvalue weighted by Crippen LogP contribution is -2.14. The van der Waals surface area contributed by atoms with E-state index >= 15 is 0 Å². The molecule has 3 rings (SSSR count). The van der Waals surface area contributed by atoms with Crippen molar-refractivity contribution in [3.8, 4) is 11.4 Å². The van der Waals surface area contributed by atoms with Crippen LogP contribution in [-0.2, 0) is 4.79 Å². The lowest BCUT2D eigenvalue weighted by atomic mass is 10.1. The molecule has 0 unspecified atom stereocenters. The van der Waals surface area contributed by atoms with Crippen LogP contribution in [0.3, 0.4) is 0 Å². The highest BCUT2D eigenvalue weighted by Gasteiger charge is 2.11. The Labute approximate surface area is 159 Å². The molecule has 0 aliphatic rings. The van der Waals surface area contributed by atoms with Crippen LogP contribution in [0, 0.1) is 6.92 Å². The highest BCUT2D eigenvalue weighted by Crippen LogP contribution is 2.29. The Kier molecular flexibility index (Phi) is 5.63. The molecule has 128 valence electrons. The molecule has 1 heterocycles. The summed E-state index contributed by atoms with van der Waals surface area (Å²) >= 11 is 13.2. The van der Waals surface area contributed by atoms with Crippen molar-refractivity contribution < 1.29 is 4.79 Å². The van der Waals surface area contributed by atoms with Crippen molar-refractivity contribution in [3.63, 3.8) is 0 Å². The molecule has 1 aromatic heterocycles. The molecule has 0 spiro atoms. The zero-order valence-corrected chi connectivity index (χ0v) is 15.5. The fourth-order valence-electron chi connectivity index (χ4n) is 2.15. The Morgan fingerprint density at radius 2 is 2.04 bits per heavy atom. The van der Waals surface area contributed by atoms with Crippen molar-refractivity contribution in [2.24, 2.45) is 0 Å². The summed E-state index contributed by atoms with van der Waals surface area (Å²) in [4.78, 5) is 16.5. The van der Waals surface area contributed by atoms with Crippen LogP contribution >= 0.6 is 35.0 Å². The smallest absolute Gasteiger partial charge is 0.234 e. The number of aromatic amines is 1.